The van der Waals surface area contributed by atoms with E-state index in [0.29, 0.717) is 6.54 Å². The highest BCUT2D eigenvalue weighted by molar-refractivity contribution is 5.82. The van der Waals surface area contributed by atoms with Crippen LogP contribution in [0.1, 0.15) is 33.6 Å². The molecule has 2 amide bonds. The molecule has 0 spiro atoms. The van der Waals surface area contributed by atoms with Gasteiger partial charge >= 0.3 is 12.1 Å². The molecule has 0 saturated carbocycles. The molecule has 0 unspecified atom stereocenters. The van der Waals surface area contributed by atoms with Gasteiger partial charge in [0, 0.05) is 13.0 Å². The second kappa shape index (κ2) is 8.99. The standard InChI is InChI=1S/C14H24N2O5/c1-6-9-15-11(17)8-7-10(12(18)20-5)16-13(19)21-14(2,3)4/h6,10H,1,7-9H2,2-5H3,(H,15,17)(H,16,19)/t10-/m0/s1. The zero-order valence-corrected chi connectivity index (χ0v) is 13.0. The molecule has 0 saturated heterocycles. The van der Waals surface area contributed by atoms with Crippen molar-refractivity contribution in [2.24, 2.45) is 0 Å². The lowest BCUT2D eigenvalue weighted by atomic mass is 10.1. The first-order chi connectivity index (χ1) is 9.69. The van der Waals surface area contributed by atoms with Crippen molar-refractivity contribution >= 4 is 18.0 Å². The van der Waals surface area contributed by atoms with Crippen LogP contribution < -0.4 is 10.6 Å². The van der Waals surface area contributed by atoms with Gasteiger partial charge in [-0.3, -0.25) is 4.79 Å². The molecule has 120 valence electrons. The molecule has 0 aliphatic heterocycles. The van der Waals surface area contributed by atoms with Crippen LogP contribution in [0.3, 0.4) is 0 Å². The average Bonchev–Trinajstić information content (AvgIpc) is 2.37. The molecule has 0 bridgehead atoms. The number of carbonyl (C=O) groups excluding carboxylic acids is 3. The zero-order chi connectivity index (χ0) is 16.5. The monoisotopic (exact) mass is 300 g/mol. The van der Waals surface area contributed by atoms with E-state index >= 15 is 0 Å². The summed E-state index contributed by atoms with van der Waals surface area (Å²) in [6.07, 6.45) is 1.01. The van der Waals surface area contributed by atoms with E-state index in [2.05, 4.69) is 21.9 Å². The van der Waals surface area contributed by atoms with Crippen molar-refractivity contribution in [3.8, 4) is 0 Å². The Balaban J connectivity index is 4.46. The normalized spacial score (nSPS) is 12.0. The first-order valence-electron chi connectivity index (χ1n) is 6.64. The first-order valence-corrected chi connectivity index (χ1v) is 6.64. The maximum absolute atomic E-state index is 11.7. The Morgan fingerprint density at radius 2 is 1.90 bits per heavy atom. The summed E-state index contributed by atoms with van der Waals surface area (Å²) in [5, 5.41) is 4.98. The highest BCUT2D eigenvalue weighted by atomic mass is 16.6. The third-order valence-electron chi connectivity index (χ3n) is 2.28. The van der Waals surface area contributed by atoms with Crippen molar-refractivity contribution in [1.29, 1.82) is 0 Å². The lowest BCUT2D eigenvalue weighted by Crippen LogP contribution is -2.44. The highest BCUT2D eigenvalue weighted by Crippen LogP contribution is 2.08. The molecule has 0 aromatic heterocycles. The minimum absolute atomic E-state index is 0.0728. The summed E-state index contributed by atoms with van der Waals surface area (Å²) < 4.78 is 9.66. The number of amides is 2. The summed E-state index contributed by atoms with van der Waals surface area (Å²) in [6, 6.07) is -0.931. The summed E-state index contributed by atoms with van der Waals surface area (Å²) >= 11 is 0. The summed E-state index contributed by atoms with van der Waals surface area (Å²) in [5.74, 6) is -0.868. The number of nitrogens with one attached hydrogen (secondary N) is 2. The van der Waals surface area contributed by atoms with Crippen LogP contribution >= 0.6 is 0 Å². The SMILES string of the molecule is C=CCNC(=O)CC[C@H](NC(=O)OC(C)(C)C)C(=O)OC. The first kappa shape index (κ1) is 18.9. The van der Waals surface area contributed by atoms with Gasteiger partial charge in [0.1, 0.15) is 11.6 Å². The molecule has 2 N–H and O–H groups in total. The van der Waals surface area contributed by atoms with Crippen LogP contribution in [0.5, 0.6) is 0 Å². The molecule has 7 nitrogen and oxygen atoms in total. The fourth-order valence-electron chi connectivity index (χ4n) is 1.39. The van der Waals surface area contributed by atoms with Crippen LogP contribution in [0.2, 0.25) is 0 Å². The molecule has 0 fully saturated rings. The molecule has 0 heterocycles. The van der Waals surface area contributed by atoms with Crippen molar-refractivity contribution in [1.82, 2.24) is 10.6 Å². The number of carbonyl (C=O) groups is 3. The van der Waals surface area contributed by atoms with E-state index in [4.69, 9.17) is 4.74 Å². The number of alkyl carbamates (subject to hydrolysis) is 1. The van der Waals surface area contributed by atoms with Crippen molar-refractivity contribution in [3.05, 3.63) is 12.7 Å². The molecule has 0 radical (unpaired) electrons. The van der Waals surface area contributed by atoms with Gasteiger partial charge in [0.25, 0.3) is 0 Å². The third kappa shape index (κ3) is 9.48. The topological polar surface area (TPSA) is 93.7 Å². The summed E-state index contributed by atoms with van der Waals surface area (Å²) in [4.78, 5) is 34.7. The largest absolute Gasteiger partial charge is 0.467 e. The Kier molecular flexibility index (Phi) is 8.11. The van der Waals surface area contributed by atoms with Crippen LogP contribution in [-0.4, -0.2) is 43.3 Å². The minimum Gasteiger partial charge on any atom is -0.467 e. The lowest BCUT2D eigenvalue weighted by molar-refractivity contribution is -0.143. The van der Waals surface area contributed by atoms with Gasteiger partial charge in [0.05, 0.1) is 7.11 Å². The third-order valence-corrected chi connectivity index (χ3v) is 2.28. The Bertz CT molecular complexity index is 387. The van der Waals surface area contributed by atoms with E-state index in [1.54, 1.807) is 26.8 Å². The molecule has 0 aromatic carbocycles. The van der Waals surface area contributed by atoms with Crippen LogP contribution in [0.25, 0.3) is 0 Å². The van der Waals surface area contributed by atoms with Crippen LogP contribution in [-0.2, 0) is 19.1 Å². The van der Waals surface area contributed by atoms with Gasteiger partial charge in [-0.1, -0.05) is 6.08 Å². The molecular weight excluding hydrogens is 276 g/mol. The number of hydrogen-bond donors (Lipinski definition) is 2. The number of ether oxygens (including phenoxy) is 2. The Hall–Kier alpha value is -2.05. The van der Waals surface area contributed by atoms with Crippen molar-refractivity contribution in [2.45, 2.75) is 45.3 Å². The van der Waals surface area contributed by atoms with Gasteiger partial charge in [0.2, 0.25) is 5.91 Å². The van der Waals surface area contributed by atoms with E-state index in [1.807, 2.05) is 0 Å². The smallest absolute Gasteiger partial charge is 0.408 e. The van der Waals surface area contributed by atoms with Gasteiger partial charge in [0.15, 0.2) is 0 Å². The van der Waals surface area contributed by atoms with E-state index in [0.717, 1.165) is 0 Å². The van der Waals surface area contributed by atoms with Crippen molar-refractivity contribution in [3.63, 3.8) is 0 Å². The zero-order valence-electron chi connectivity index (χ0n) is 13.0. The lowest BCUT2D eigenvalue weighted by Gasteiger charge is -2.22. The van der Waals surface area contributed by atoms with Gasteiger partial charge in [-0.05, 0) is 27.2 Å². The van der Waals surface area contributed by atoms with E-state index in [1.165, 1.54) is 7.11 Å². The fraction of sp³-hybridized carbons (Fsp3) is 0.643. The quantitative estimate of drug-likeness (QED) is 0.543. The second-order valence-electron chi connectivity index (χ2n) is 5.35. The maximum Gasteiger partial charge on any atom is 0.408 e. The van der Waals surface area contributed by atoms with E-state index < -0.39 is 23.7 Å². The molecular formula is C14H24N2O5. The maximum atomic E-state index is 11.7. The van der Waals surface area contributed by atoms with Gasteiger partial charge in [-0.2, -0.15) is 0 Å². The molecule has 7 heteroatoms. The fourth-order valence-corrected chi connectivity index (χ4v) is 1.39. The van der Waals surface area contributed by atoms with Crippen molar-refractivity contribution in [2.75, 3.05) is 13.7 Å². The van der Waals surface area contributed by atoms with Gasteiger partial charge in [-0.15, -0.1) is 6.58 Å². The number of rotatable bonds is 7. The predicted octanol–water partition coefficient (Wildman–Crippen LogP) is 1.14. The molecule has 0 aromatic rings. The molecule has 1 atom stereocenters. The Labute approximate surface area is 125 Å². The van der Waals surface area contributed by atoms with Crippen LogP contribution in [0, 0.1) is 0 Å². The Morgan fingerprint density at radius 3 is 2.38 bits per heavy atom. The average molecular weight is 300 g/mol. The predicted molar refractivity (Wildman–Crippen MR) is 77.6 cm³/mol. The molecule has 0 aliphatic rings. The summed E-state index contributed by atoms with van der Waals surface area (Å²) in [7, 11) is 1.21. The molecule has 21 heavy (non-hydrogen) atoms. The minimum atomic E-state index is -0.931. The molecule has 0 rings (SSSR count). The highest BCUT2D eigenvalue weighted by Gasteiger charge is 2.25. The Morgan fingerprint density at radius 1 is 1.29 bits per heavy atom. The van der Waals surface area contributed by atoms with E-state index in [-0.39, 0.29) is 18.7 Å². The number of esters is 1. The second-order valence-corrected chi connectivity index (χ2v) is 5.35. The van der Waals surface area contributed by atoms with Crippen LogP contribution in [0.4, 0.5) is 4.79 Å². The van der Waals surface area contributed by atoms with Crippen molar-refractivity contribution < 1.29 is 23.9 Å². The van der Waals surface area contributed by atoms with Crippen LogP contribution in [0.15, 0.2) is 12.7 Å². The summed E-state index contributed by atoms with van der Waals surface area (Å²) in [6.45, 7) is 8.96. The number of hydrogen-bond acceptors (Lipinski definition) is 5. The van der Waals surface area contributed by atoms with E-state index in [9.17, 15) is 14.4 Å². The van der Waals surface area contributed by atoms with Gasteiger partial charge in [-0.25, -0.2) is 9.59 Å². The summed E-state index contributed by atoms with van der Waals surface area (Å²) in [5.41, 5.74) is -0.675. The molecule has 0 aliphatic carbocycles. The number of methoxy groups -OCH3 is 1. The van der Waals surface area contributed by atoms with Gasteiger partial charge < -0.3 is 20.1 Å².